The molecule has 0 aliphatic heterocycles. The monoisotopic (exact) mass is 264 g/mol. The number of aromatic nitrogens is 4. The van der Waals surface area contributed by atoms with E-state index in [1.807, 2.05) is 28.9 Å². The van der Waals surface area contributed by atoms with Gasteiger partial charge < -0.3 is 0 Å². The molecule has 18 heavy (non-hydrogen) atoms. The Morgan fingerprint density at radius 1 is 1.22 bits per heavy atom. The highest BCUT2D eigenvalue weighted by molar-refractivity contribution is 6.31. The van der Waals surface area contributed by atoms with Gasteiger partial charge in [-0.3, -0.25) is 0 Å². The molecule has 0 unspecified atom stereocenters. The van der Waals surface area contributed by atoms with E-state index in [9.17, 15) is 0 Å². The Balaban J connectivity index is 2.12. The molecule has 0 saturated heterocycles. The quantitative estimate of drug-likeness (QED) is 0.856. The fraction of sp³-hybridized carbons (Fsp3) is 0.462. The highest BCUT2D eigenvalue weighted by atomic mass is 35.5. The average Bonchev–Trinajstić information content (AvgIpc) is 2.76. The van der Waals surface area contributed by atoms with Crippen LogP contribution in [0.3, 0.4) is 0 Å². The zero-order chi connectivity index (χ0) is 13.2. The molecule has 5 heteroatoms. The number of benzene rings is 1. The summed E-state index contributed by atoms with van der Waals surface area (Å²) in [7, 11) is 0. The van der Waals surface area contributed by atoms with Crippen molar-refractivity contribution in [2.75, 3.05) is 0 Å². The standard InChI is InChI=1S/C13H17ClN4/c1-13(2,3)12-15-16-17-18(12)9-8-10-6-4-5-7-11(10)14/h4-7H,8-9H2,1-3H3. The third-order valence-corrected chi connectivity index (χ3v) is 3.12. The number of hydrogen-bond acceptors (Lipinski definition) is 3. The average molecular weight is 265 g/mol. The lowest BCUT2D eigenvalue weighted by molar-refractivity contribution is 0.471. The van der Waals surface area contributed by atoms with E-state index in [-0.39, 0.29) is 5.41 Å². The number of hydrogen-bond donors (Lipinski definition) is 0. The molecule has 0 bridgehead atoms. The summed E-state index contributed by atoms with van der Waals surface area (Å²) in [5.41, 5.74) is 1.07. The van der Waals surface area contributed by atoms with E-state index in [1.54, 1.807) is 0 Å². The van der Waals surface area contributed by atoms with Crippen molar-refractivity contribution < 1.29 is 0 Å². The van der Waals surface area contributed by atoms with Crippen molar-refractivity contribution in [1.82, 2.24) is 20.2 Å². The van der Waals surface area contributed by atoms with Crippen molar-refractivity contribution in [2.45, 2.75) is 39.2 Å². The summed E-state index contributed by atoms with van der Waals surface area (Å²) in [6, 6.07) is 7.86. The van der Waals surface area contributed by atoms with Gasteiger partial charge in [-0.1, -0.05) is 50.6 Å². The first-order valence-electron chi connectivity index (χ1n) is 5.98. The smallest absolute Gasteiger partial charge is 0.156 e. The van der Waals surface area contributed by atoms with Gasteiger partial charge in [0.25, 0.3) is 0 Å². The molecular formula is C13H17ClN4. The van der Waals surface area contributed by atoms with Crippen LogP contribution in [-0.2, 0) is 18.4 Å². The summed E-state index contributed by atoms with van der Waals surface area (Å²) < 4.78 is 1.85. The van der Waals surface area contributed by atoms with E-state index in [2.05, 4.69) is 36.3 Å². The Kier molecular flexibility index (Phi) is 3.66. The Morgan fingerprint density at radius 3 is 2.61 bits per heavy atom. The number of nitrogens with zero attached hydrogens (tertiary/aromatic N) is 4. The van der Waals surface area contributed by atoms with E-state index < -0.39 is 0 Å². The van der Waals surface area contributed by atoms with E-state index in [1.165, 1.54) is 0 Å². The Morgan fingerprint density at radius 2 is 1.94 bits per heavy atom. The van der Waals surface area contributed by atoms with Crippen LogP contribution in [0.5, 0.6) is 0 Å². The second-order valence-electron chi connectivity index (χ2n) is 5.32. The van der Waals surface area contributed by atoms with Crippen LogP contribution in [0, 0.1) is 0 Å². The predicted octanol–water partition coefficient (Wildman–Crippen LogP) is 2.87. The molecule has 0 amide bonds. The maximum atomic E-state index is 6.13. The van der Waals surface area contributed by atoms with Crippen molar-refractivity contribution in [1.29, 1.82) is 0 Å². The molecule has 0 atom stereocenters. The molecule has 1 aromatic carbocycles. The van der Waals surface area contributed by atoms with Crippen LogP contribution < -0.4 is 0 Å². The lowest BCUT2D eigenvalue weighted by Gasteiger charge is -2.17. The van der Waals surface area contributed by atoms with Gasteiger partial charge in [0.2, 0.25) is 0 Å². The molecule has 2 aromatic rings. The fourth-order valence-electron chi connectivity index (χ4n) is 1.82. The third-order valence-electron chi connectivity index (χ3n) is 2.75. The van der Waals surface area contributed by atoms with Gasteiger partial charge >= 0.3 is 0 Å². The van der Waals surface area contributed by atoms with Crippen LogP contribution in [0.15, 0.2) is 24.3 Å². The van der Waals surface area contributed by atoms with Gasteiger partial charge in [0.15, 0.2) is 5.82 Å². The first-order valence-corrected chi connectivity index (χ1v) is 6.36. The van der Waals surface area contributed by atoms with Crippen molar-refractivity contribution >= 4 is 11.6 Å². The molecule has 1 aromatic heterocycles. The van der Waals surface area contributed by atoms with Crippen LogP contribution in [0.25, 0.3) is 0 Å². The van der Waals surface area contributed by atoms with Crippen molar-refractivity contribution in [2.24, 2.45) is 0 Å². The van der Waals surface area contributed by atoms with Crippen LogP contribution in [0.2, 0.25) is 5.02 Å². The topological polar surface area (TPSA) is 43.6 Å². The zero-order valence-corrected chi connectivity index (χ0v) is 11.6. The van der Waals surface area contributed by atoms with Crippen molar-refractivity contribution in [3.05, 3.63) is 40.7 Å². The molecule has 1 heterocycles. The first-order chi connectivity index (χ1) is 8.48. The van der Waals surface area contributed by atoms with Gasteiger partial charge in [-0.2, -0.15) is 0 Å². The van der Waals surface area contributed by atoms with Crippen LogP contribution >= 0.6 is 11.6 Å². The Labute approximate surface area is 112 Å². The van der Waals surface area contributed by atoms with Crippen LogP contribution in [0.1, 0.15) is 32.2 Å². The molecule has 2 rings (SSSR count). The van der Waals surface area contributed by atoms with Gasteiger partial charge in [0, 0.05) is 17.0 Å². The Bertz CT molecular complexity index is 528. The van der Waals surface area contributed by atoms with Gasteiger partial charge in [-0.25, -0.2) is 4.68 Å². The highest BCUT2D eigenvalue weighted by Gasteiger charge is 2.21. The summed E-state index contributed by atoms with van der Waals surface area (Å²) in [6.07, 6.45) is 0.827. The van der Waals surface area contributed by atoms with Crippen molar-refractivity contribution in [3.63, 3.8) is 0 Å². The van der Waals surface area contributed by atoms with Crippen molar-refractivity contribution in [3.8, 4) is 0 Å². The largest absolute Gasteiger partial charge is 0.229 e. The van der Waals surface area contributed by atoms with E-state index in [0.717, 1.165) is 29.4 Å². The van der Waals surface area contributed by atoms with Crippen LogP contribution in [0.4, 0.5) is 0 Å². The summed E-state index contributed by atoms with van der Waals surface area (Å²) in [5.74, 6) is 0.898. The molecular weight excluding hydrogens is 248 g/mol. The minimum absolute atomic E-state index is 0.0516. The maximum Gasteiger partial charge on any atom is 0.156 e. The molecule has 96 valence electrons. The molecule has 0 radical (unpaired) electrons. The predicted molar refractivity (Wildman–Crippen MR) is 71.7 cm³/mol. The lowest BCUT2D eigenvalue weighted by atomic mass is 9.96. The van der Waals surface area contributed by atoms with Gasteiger partial charge in [-0.15, -0.1) is 5.10 Å². The molecule has 0 N–H and O–H groups in total. The molecule has 4 nitrogen and oxygen atoms in total. The lowest BCUT2D eigenvalue weighted by Crippen LogP contribution is -2.20. The molecule has 0 saturated carbocycles. The van der Waals surface area contributed by atoms with E-state index >= 15 is 0 Å². The van der Waals surface area contributed by atoms with Gasteiger partial charge in [0.05, 0.1) is 0 Å². The number of aryl methyl sites for hydroxylation is 2. The second kappa shape index (κ2) is 5.06. The number of tetrazole rings is 1. The molecule has 0 spiro atoms. The maximum absolute atomic E-state index is 6.13. The van der Waals surface area contributed by atoms with E-state index in [4.69, 9.17) is 11.6 Å². The minimum atomic E-state index is -0.0516. The SMILES string of the molecule is CC(C)(C)c1nnnn1CCc1ccccc1Cl. The van der Waals surface area contributed by atoms with Crippen LogP contribution in [-0.4, -0.2) is 20.2 Å². The van der Waals surface area contributed by atoms with Gasteiger partial charge in [0.1, 0.15) is 0 Å². The number of rotatable bonds is 3. The minimum Gasteiger partial charge on any atom is -0.229 e. The van der Waals surface area contributed by atoms with Gasteiger partial charge in [-0.05, 0) is 28.5 Å². The Hall–Kier alpha value is -1.42. The third kappa shape index (κ3) is 2.88. The summed E-state index contributed by atoms with van der Waals surface area (Å²) in [6.45, 7) is 7.05. The summed E-state index contributed by atoms with van der Waals surface area (Å²) >= 11 is 6.13. The molecule has 0 aliphatic carbocycles. The number of halogens is 1. The molecule has 0 aliphatic rings. The second-order valence-corrected chi connectivity index (χ2v) is 5.72. The fourth-order valence-corrected chi connectivity index (χ4v) is 2.05. The molecule has 0 fully saturated rings. The zero-order valence-electron chi connectivity index (χ0n) is 10.9. The normalized spacial score (nSPS) is 11.8. The first kappa shape index (κ1) is 13.0. The highest BCUT2D eigenvalue weighted by Crippen LogP contribution is 2.20. The van der Waals surface area contributed by atoms with E-state index in [0.29, 0.717) is 0 Å². The summed E-state index contributed by atoms with van der Waals surface area (Å²) in [4.78, 5) is 0. The summed E-state index contributed by atoms with van der Waals surface area (Å²) in [5, 5.41) is 12.7.